The van der Waals surface area contributed by atoms with E-state index < -0.39 is 5.79 Å². The van der Waals surface area contributed by atoms with Gasteiger partial charge in [0.25, 0.3) is 0 Å². The monoisotopic (exact) mass is 666 g/mol. The Labute approximate surface area is 297 Å². The van der Waals surface area contributed by atoms with Crippen molar-refractivity contribution in [1.29, 1.82) is 0 Å². The quantitative estimate of drug-likeness (QED) is 0.0435. The van der Waals surface area contributed by atoms with Crippen LogP contribution in [0.5, 0.6) is 0 Å². The van der Waals surface area contributed by atoms with Crippen molar-refractivity contribution in [2.24, 2.45) is 0 Å². The number of rotatable bonds is 30. The van der Waals surface area contributed by atoms with Crippen LogP contribution in [0.3, 0.4) is 0 Å². The SMILES string of the molecule is CC/C=C\C/C=C\C/C=C\CCCCCCCCC1(CCCCCCCC/C=C\C/C=C\CCCCC)OCC2(CCN(C=O)CC2)O1. The van der Waals surface area contributed by atoms with Crippen LogP contribution in [0.4, 0.5) is 0 Å². The fourth-order valence-electron chi connectivity index (χ4n) is 6.94. The maximum atomic E-state index is 11.3. The van der Waals surface area contributed by atoms with Crippen molar-refractivity contribution in [3.63, 3.8) is 0 Å². The first-order valence-electron chi connectivity index (χ1n) is 20.5. The maximum absolute atomic E-state index is 11.3. The van der Waals surface area contributed by atoms with Crippen molar-refractivity contribution in [3.8, 4) is 0 Å². The third-order valence-electron chi connectivity index (χ3n) is 10.1. The largest absolute Gasteiger partial charge is 0.347 e. The van der Waals surface area contributed by atoms with E-state index in [2.05, 4.69) is 74.6 Å². The Hall–Kier alpha value is -1.91. The summed E-state index contributed by atoms with van der Waals surface area (Å²) in [6, 6.07) is 0. The topological polar surface area (TPSA) is 38.8 Å². The van der Waals surface area contributed by atoms with Crippen LogP contribution in [0.2, 0.25) is 0 Å². The molecule has 0 N–H and O–H groups in total. The van der Waals surface area contributed by atoms with Gasteiger partial charge in [0.2, 0.25) is 6.41 Å². The lowest BCUT2D eigenvalue weighted by Gasteiger charge is -2.38. The first-order chi connectivity index (χ1) is 23.7. The van der Waals surface area contributed by atoms with Gasteiger partial charge in [0.15, 0.2) is 5.79 Å². The zero-order chi connectivity index (χ0) is 34.3. The van der Waals surface area contributed by atoms with E-state index in [1.807, 2.05) is 4.90 Å². The maximum Gasteiger partial charge on any atom is 0.209 e. The molecule has 0 aromatic carbocycles. The second-order valence-corrected chi connectivity index (χ2v) is 14.4. The van der Waals surface area contributed by atoms with Crippen molar-refractivity contribution in [3.05, 3.63) is 60.8 Å². The van der Waals surface area contributed by atoms with E-state index in [-0.39, 0.29) is 5.60 Å². The number of carbonyl (C=O) groups is 1. The predicted octanol–water partition coefficient (Wildman–Crippen LogP) is 12.9. The van der Waals surface area contributed by atoms with Crippen LogP contribution in [-0.4, -0.2) is 42.4 Å². The van der Waals surface area contributed by atoms with E-state index in [9.17, 15) is 4.79 Å². The van der Waals surface area contributed by atoms with Crippen LogP contribution in [0.25, 0.3) is 0 Å². The number of carbonyl (C=O) groups excluding carboxylic acids is 1. The minimum Gasteiger partial charge on any atom is -0.347 e. The molecule has 0 saturated carbocycles. The highest BCUT2D eigenvalue weighted by atomic mass is 16.8. The summed E-state index contributed by atoms with van der Waals surface area (Å²) in [7, 11) is 0. The molecule has 1 amide bonds. The second-order valence-electron chi connectivity index (χ2n) is 14.4. The molecule has 4 nitrogen and oxygen atoms in total. The van der Waals surface area contributed by atoms with Crippen LogP contribution in [-0.2, 0) is 14.3 Å². The number of likely N-dealkylation sites (tertiary alicyclic amines) is 1. The van der Waals surface area contributed by atoms with Crippen LogP contribution in [0.15, 0.2) is 60.8 Å². The number of amides is 1. The first kappa shape index (κ1) is 42.3. The molecule has 274 valence electrons. The molecule has 2 aliphatic heterocycles. The van der Waals surface area contributed by atoms with E-state index >= 15 is 0 Å². The highest BCUT2D eigenvalue weighted by Gasteiger charge is 2.50. The van der Waals surface area contributed by atoms with Crippen molar-refractivity contribution < 1.29 is 14.3 Å². The Bertz CT molecular complexity index is 910. The summed E-state index contributed by atoms with van der Waals surface area (Å²) in [5.41, 5.74) is -0.187. The molecule has 2 aliphatic rings. The molecule has 1 atom stereocenters. The standard InChI is InChI=1S/C44H75NO3/c1-3-5-7-9-11-13-15-17-19-21-23-25-27-29-31-33-35-44(47-41-43(48-44)37-39-45(42-46)40-38-43)36-34-32-30-28-26-24-22-20-18-16-14-12-10-8-6-4-2/h5,7,11-14,17-20,42H,3-4,6,8-10,15-16,21-41H2,1-2H3/b7-5-,13-11-,14-12-,19-17-,20-18-. The van der Waals surface area contributed by atoms with Gasteiger partial charge in [0.1, 0.15) is 0 Å². The molecule has 48 heavy (non-hydrogen) atoms. The van der Waals surface area contributed by atoms with Gasteiger partial charge < -0.3 is 14.4 Å². The Kier molecular flexibility index (Phi) is 25.4. The zero-order valence-electron chi connectivity index (χ0n) is 31.5. The lowest BCUT2D eigenvalue weighted by atomic mass is 9.92. The molecule has 1 unspecified atom stereocenters. The van der Waals surface area contributed by atoms with E-state index in [1.54, 1.807) is 0 Å². The number of hydrogen-bond donors (Lipinski definition) is 0. The fraction of sp³-hybridized carbons (Fsp3) is 0.750. The molecule has 0 aromatic rings. The molecule has 1 spiro atoms. The molecule has 2 heterocycles. The summed E-state index contributed by atoms with van der Waals surface area (Å²) in [6.07, 6.45) is 55.2. The third kappa shape index (κ3) is 20.6. The van der Waals surface area contributed by atoms with Gasteiger partial charge in [-0.1, -0.05) is 139 Å². The summed E-state index contributed by atoms with van der Waals surface area (Å²) in [5.74, 6) is -0.413. The van der Waals surface area contributed by atoms with Gasteiger partial charge in [-0.05, 0) is 89.9 Å². The molecule has 0 aromatic heterocycles. The smallest absolute Gasteiger partial charge is 0.209 e. The average molecular weight is 666 g/mol. The number of piperidine rings is 1. The summed E-state index contributed by atoms with van der Waals surface area (Å²) in [5, 5.41) is 0. The zero-order valence-corrected chi connectivity index (χ0v) is 31.5. The van der Waals surface area contributed by atoms with Gasteiger partial charge in [0, 0.05) is 25.9 Å². The molecule has 2 saturated heterocycles. The van der Waals surface area contributed by atoms with Gasteiger partial charge in [-0.15, -0.1) is 0 Å². The molecule has 0 aliphatic carbocycles. The molecule has 0 bridgehead atoms. The molecular formula is C44H75NO3. The summed E-state index contributed by atoms with van der Waals surface area (Å²) >= 11 is 0. The van der Waals surface area contributed by atoms with Crippen molar-refractivity contribution >= 4 is 6.41 Å². The van der Waals surface area contributed by atoms with Crippen molar-refractivity contribution in [2.45, 2.75) is 192 Å². The highest BCUT2D eigenvalue weighted by Crippen LogP contribution is 2.43. The van der Waals surface area contributed by atoms with E-state index in [0.717, 1.165) is 70.9 Å². The number of unbranched alkanes of at least 4 members (excludes halogenated alkanes) is 15. The van der Waals surface area contributed by atoms with Crippen LogP contribution in [0.1, 0.15) is 181 Å². The highest BCUT2D eigenvalue weighted by molar-refractivity contribution is 5.47. The minimum absolute atomic E-state index is 0.187. The summed E-state index contributed by atoms with van der Waals surface area (Å²) < 4.78 is 13.5. The second kappa shape index (κ2) is 28.9. The molecule has 2 fully saturated rings. The Morgan fingerprint density at radius 1 is 0.542 bits per heavy atom. The Morgan fingerprint density at radius 3 is 1.46 bits per heavy atom. The number of nitrogens with zero attached hydrogens (tertiary/aromatic N) is 1. The fourth-order valence-corrected chi connectivity index (χ4v) is 6.94. The molecule has 0 radical (unpaired) electrons. The van der Waals surface area contributed by atoms with Gasteiger partial charge in [-0.2, -0.15) is 0 Å². The molecule has 4 heteroatoms. The summed E-state index contributed by atoms with van der Waals surface area (Å²) in [4.78, 5) is 13.2. The van der Waals surface area contributed by atoms with Gasteiger partial charge in [-0.3, -0.25) is 4.79 Å². The van der Waals surface area contributed by atoms with Crippen LogP contribution in [0, 0.1) is 0 Å². The molecule has 2 rings (SSSR count). The van der Waals surface area contributed by atoms with Gasteiger partial charge in [0.05, 0.1) is 12.2 Å². The number of ether oxygens (including phenoxy) is 2. The first-order valence-corrected chi connectivity index (χ1v) is 20.5. The Balaban J connectivity index is 1.59. The normalized spacial score (nSPS) is 19.9. The number of allylic oxidation sites excluding steroid dienone is 10. The Morgan fingerprint density at radius 2 is 0.979 bits per heavy atom. The predicted molar refractivity (Wildman–Crippen MR) is 207 cm³/mol. The van der Waals surface area contributed by atoms with E-state index in [0.29, 0.717) is 6.61 Å². The summed E-state index contributed by atoms with van der Waals surface area (Å²) in [6.45, 7) is 6.71. The molecular weight excluding hydrogens is 590 g/mol. The van der Waals surface area contributed by atoms with Gasteiger partial charge >= 0.3 is 0 Å². The average Bonchev–Trinajstić information content (AvgIpc) is 3.45. The number of hydrogen-bond acceptors (Lipinski definition) is 3. The van der Waals surface area contributed by atoms with E-state index in [4.69, 9.17) is 9.47 Å². The lowest BCUT2D eigenvalue weighted by Crippen LogP contribution is -2.46. The van der Waals surface area contributed by atoms with Crippen LogP contribution >= 0.6 is 0 Å². The lowest BCUT2D eigenvalue weighted by molar-refractivity contribution is -0.204. The van der Waals surface area contributed by atoms with Crippen molar-refractivity contribution in [1.82, 2.24) is 4.90 Å². The van der Waals surface area contributed by atoms with E-state index in [1.165, 1.54) is 116 Å². The minimum atomic E-state index is -0.413. The van der Waals surface area contributed by atoms with Gasteiger partial charge in [-0.25, -0.2) is 0 Å². The third-order valence-corrected chi connectivity index (χ3v) is 10.1. The van der Waals surface area contributed by atoms with Crippen molar-refractivity contribution in [2.75, 3.05) is 19.7 Å². The van der Waals surface area contributed by atoms with Crippen LogP contribution < -0.4 is 0 Å².